The van der Waals surface area contributed by atoms with Crippen molar-refractivity contribution in [1.29, 1.82) is 0 Å². The highest BCUT2D eigenvalue weighted by molar-refractivity contribution is 6.09. The molecule has 0 saturated heterocycles. The van der Waals surface area contributed by atoms with Crippen LogP contribution in [0.25, 0.3) is 106 Å². The molecule has 0 atom stereocenters. The molecule has 0 aliphatic heterocycles. The predicted octanol–water partition coefficient (Wildman–Crippen LogP) is 14.1. The summed E-state index contributed by atoms with van der Waals surface area (Å²) < 4.78 is 71.2. The van der Waals surface area contributed by atoms with Crippen LogP contribution in [0.15, 0.2) is 218 Å². The fraction of sp³-hybridized carbons (Fsp3) is 0. The summed E-state index contributed by atoms with van der Waals surface area (Å²) in [7, 11) is 0. The minimum Gasteiger partial charge on any atom is -0.309 e. The summed E-state index contributed by atoms with van der Waals surface area (Å²) in [6, 6.07) is 53.2. The lowest BCUT2D eigenvalue weighted by Gasteiger charge is -2.14. The SMILES string of the molecule is [2H]c1c([2H])c([2H])c2c(c1[2H])c1c([2H])c([2H])c([2H])c([2H])c1n2-c1cccc(-c2nc(-c3ccccc3)nc(-c3ccc(-c4cccc5cccc(-c6ccc(-c7ccccc7)cc6)c45)cc3)n2)c1. The summed E-state index contributed by atoms with van der Waals surface area (Å²) in [5, 5.41) is 2.29. The fourth-order valence-corrected chi connectivity index (χ4v) is 7.91. The number of rotatable bonds is 7. The van der Waals surface area contributed by atoms with Crippen molar-refractivity contribution >= 4 is 32.6 Å². The average molecular weight is 761 g/mol. The Kier molecular flexibility index (Phi) is 6.60. The number of nitrogens with zero attached hydrogens (tertiary/aromatic N) is 4. The van der Waals surface area contributed by atoms with E-state index in [2.05, 4.69) is 84.9 Å². The zero-order valence-electron chi connectivity index (χ0n) is 39.5. The summed E-state index contributed by atoms with van der Waals surface area (Å²) in [4.78, 5) is 14.9. The number of hydrogen-bond acceptors (Lipinski definition) is 3. The van der Waals surface area contributed by atoms with E-state index < -0.39 is 36.3 Å². The summed E-state index contributed by atoms with van der Waals surface area (Å²) >= 11 is 0. The fourth-order valence-electron chi connectivity index (χ4n) is 7.91. The van der Waals surface area contributed by atoms with E-state index in [4.69, 9.17) is 25.9 Å². The van der Waals surface area contributed by atoms with Crippen LogP contribution in [-0.4, -0.2) is 19.5 Å². The van der Waals surface area contributed by atoms with E-state index in [1.165, 1.54) is 10.1 Å². The van der Waals surface area contributed by atoms with E-state index in [-0.39, 0.29) is 33.9 Å². The maximum Gasteiger partial charge on any atom is 0.164 e. The molecule has 2 aromatic heterocycles. The molecule has 11 aromatic rings. The minimum atomic E-state index is -0.497. The van der Waals surface area contributed by atoms with E-state index >= 15 is 0 Å². The Morgan fingerprint density at radius 1 is 0.356 bits per heavy atom. The van der Waals surface area contributed by atoms with Crippen LogP contribution in [-0.2, 0) is 0 Å². The highest BCUT2D eigenvalue weighted by atomic mass is 15.0. The summed E-state index contributed by atoms with van der Waals surface area (Å²) in [6.07, 6.45) is 0. The van der Waals surface area contributed by atoms with Gasteiger partial charge in [-0.15, -0.1) is 0 Å². The van der Waals surface area contributed by atoms with Crippen LogP contribution < -0.4 is 0 Å². The lowest BCUT2D eigenvalue weighted by molar-refractivity contribution is 1.07. The van der Waals surface area contributed by atoms with Gasteiger partial charge in [-0.25, -0.2) is 15.0 Å². The van der Waals surface area contributed by atoms with Gasteiger partial charge in [-0.2, -0.15) is 0 Å². The molecule has 0 saturated carbocycles. The normalized spacial score (nSPS) is 13.3. The van der Waals surface area contributed by atoms with E-state index in [0.717, 1.165) is 49.7 Å². The second kappa shape index (κ2) is 14.5. The van der Waals surface area contributed by atoms with Gasteiger partial charge in [-0.05, 0) is 68.4 Å². The maximum atomic E-state index is 8.99. The quantitative estimate of drug-likeness (QED) is 0.162. The Labute approximate surface area is 353 Å². The summed E-state index contributed by atoms with van der Waals surface area (Å²) in [5.41, 5.74) is 9.23. The topological polar surface area (TPSA) is 43.6 Å². The molecule has 0 unspecified atom stereocenters. The molecule has 4 nitrogen and oxygen atoms in total. The monoisotopic (exact) mass is 760 g/mol. The first-order valence-electron chi connectivity index (χ1n) is 23.3. The predicted molar refractivity (Wildman–Crippen MR) is 244 cm³/mol. The molecule has 0 radical (unpaired) electrons. The Bertz CT molecular complexity index is 3680. The maximum absolute atomic E-state index is 8.99. The van der Waals surface area contributed by atoms with E-state index in [1.807, 2.05) is 66.7 Å². The first kappa shape index (κ1) is 26.8. The third-order valence-corrected chi connectivity index (χ3v) is 10.7. The molecule has 4 heteroatoms. The zero-order valence-corrected chi connectivity index (χ0v) is 31.5. The lowest BCUT2D eigenvalue weighted by Crippen LogP contribution is -2.01. The average Bonchev–Trinajstić information content (AvgIpc) is 3.75. The molecule has 0 spiro atoms. The van der Waals surface area contributed by atoms with Gasteiger partial charge >= 0.3 is 0 Å². The smallest absolute Gasteiger partial charge is 0.164 e. The van der Waals surface area contributed by atoms with Gasteiger partial charge in [-0.3, -0.25) is 0 Å². The molecular formula is C55H36N4. The molecule has 0 aliphatic rings. The molecule has 0 N–H and O–H groups in total. The van der Waals surface area contributed by atoms with Crippen molar-refractivity contribution < 1.29 is 11.0 Å². The third-order valence-electron chi connectivity index (χ3n) is 10.7. The summed E-state index contributed by atoms with van der Waals surface area (Å²) in [5.74, 6) is 1.20. The second-order valence-electron chi connectivity index (χ2n) is 14.2. The first-order chi connectivity index (χ1) is 32.6. The molecule has 0 bridgehead atoms. The largest absolute Gasteiger partial charge is 0.309 e. The van der Waals surface area contributed by atoms with Gasteiger partial charge in [0.2, 0.25) is 0 Å². The summed E-state index contributed by atoms with van der Waals surface area (Å²) in [6.45, 7) is 0. The Morgan fingerprint density at radius 2 is 0.780 bits per heavy atom. The highest BCUT2D eigenvalue weighted by Gasteiger charge is 2.17. The van der Waals surface area contributed by atoms with Gasteiger partial charge in [0.15, 0.2) is 17.5 Å². The van der Waals surface area contributed by atoms with E-state index in [0.29, 0.717) is 28.7 Å². The van der Waals surface area contributed by atoms with Gasteiger partial charge in [-0.1, -0.05) is 194 Å². The molecule has 0 amide bonds. The van der Waals surface area contributed by atoms with Crippen LogP contribution in [0.2, 0.25) is 0 Å². The molecule has 11 rings (SSSR count). The molecular weight excluding hydrogens is 717 g/mol. The van der Waals surface area contributed by atoms with Crippen molar-refractivity contribution in [1.82, 2.24) is 19.5 Å². The second-order valence-corrected chi connectivity index (χ2v) is 14.2. The van der Waals surface area contributed by atoms with Crippen LogP contribution in [0.1, 0.15) is 11.0 Å². The number of fused-ring (bicyclic) bond motifs is 4. The zero-order chi connectivity index (χ0) is 46.1. The lowest BCUT2D eigenvalue weighted by atomic mass is 9.90. The van der Waals surface area contributed by atoms with E-state index in [1.54, 1.807) is 18.2 Å². The number of hydrogen-bond donors (Lipinski definition) is 0. The van der Waals surface area contributed by atoms with Crippen LogP contribution in [0.3, 0.4) is 0 Å². The van der Waals surface area contributed by atoms with Crippen LogP contribution in [0, 0.1) is 0 Å². The van der Waals surface area contributed by atoms with Gasteiger partial charge in [0.05, 0.1) is 22.0 Å². The number of para-hydroxylation sites is 2. The molecule has 9 aromatic carbocycles. The van der Waals surface area contributed by atoms with Crippen LogP contribution >= 0.6 is 0 Å². The van der Waals surface area contributed by atoms with Crippen molar-refractivity contribution in [2.45, 2.75) is 0 Å². The number of aromatic nitrogens is 4. The third kappa shape index (κ3) is 6.24. The minimum absolute atomic E-state index is 0.00729. The van der Waals surface area contributed by atoms with Gasteiger partial charge in [0.25, 0.3) is 0 Å². The molecule has 0 aliphatic carbocycles. The van der Waals surface area contributed by atoms with Gasteiger partial charge in [0, 0.05) is 33.2 Å². The molecule has 59 heavy (non-hydrogen) atoms. The Morgan fingerprint density at radius 3 is 1.36 bits per heavy atom. The van der Waals surface area contributed by atoms with Crippen molar-refractivity contribution in [3.63, 3.8) is 0 Å². The molecule has 276 valence electrons. The van der Waals surface area contributed by atoms with Gasteiger partial charge < -0.3 is 4.57 Å². The van der Waals surface area contributed by atoms with Crippen molar-refractivity contribution in [3.05, 3.63) is 218 Å². The highest BCUT2D eigenvalue weighted by Crippen LogP contribution is 2.38. The van der Waals surface area contributed by atoms with Crippen molar-refractivity contribution in [2.24, 2.45) is 0 Å². The van der Waals surface area contributed by atoms with E-state index in [9.17, 15) is 0 Å². The van der Waals surface area contributed by atoms with Gasteiger partial charge in [0.1, 0.15) is 0 Å². The molecule has 0 fully saturated rings. The standard InChI is InChI=1S/C55H36N4/c1-3-14-37(15-4-1)38-28-30-39(31-29-38)46-24-12-18-41-19-13-25-47(52(41)46)40-32-34-43(35-33-40)54-56-53(42-16-5-2-6-17-42)57-55(58-54)44-20-11-21-45(36-44)59-50-26-9-7-22-48(50)49-23-8-10-27-51(49)59/h1-36H/i7D,8D,9D,10D,22D,23D,26D,27D. The van der Waals surface area contributed by atoms with Crippen LogP contribution in [0.4, 0.5) is 0 Å². The van der Waals surface area contributed by atoms with Crippen molar-refractivity contribution in [3.8, 4) is 73.2 Å². The van der Waals surface area contributed by atoms with Crippen molar-refractivity contribution in [2.75, 3.05) is 0 Å². The molecule has 2 heterocycles. The first-order valence-corrected chi connectivity index (χ1v) is 19.3. The van der Waals surface area contributed by atoms with Crippen LogP contribution in [0.5, 0.6) is 0 Å². The number of benzene rings is 9. The Balaban J connectivity index is 1.03. The Hall–Kier alpha value is -7.95.